The highest BCUT2D eigenvalue weighted by molar-refractivity contribution is 7.80. The first-order valence-electron chi connectivity index (χ1n) is 16.8. The lowest BCUT2D eigenvalue weighted by molar-refractivity contribution is -0.141. The number of nitrogens with zero attached hydrogens (tertiary/aromatic N) is 4. The molecule has 0 bridgehead atoms. The Bertz CT molecular complexity index is 1630. The molecule has 0 amide bonds. The molecule has 0 radical (unpaired) electrons. The first-order chi connectivity index (χ1) is 22.6. The molecule has 254 valence electrons. The molecular formula is C34H45N6O6S-. The van der Waals surface area contributed by atoms with E-state index in [2.05, 4.69) is 36.7 Å². The molecule has 3 N–H and O–H groups in total. The van der Waals surface area contributed by atoms with Gasteiger partial charge in [-0.2, -0.15) is 5.26 Å². The maximum Gasteiger partial charge on any atom is 0.343 e. The van der Waals surface area contributed by atoms with Gasteiger partial charge in [0.25, 0.3) is 0 Å². The summed E-state index contributed by atoms with van der Waals surface area (Å²) in [5.41, 5.74) is 1.92. The fourth-order valence-electron chi connectivity index (χ4n) is 7.53. The molecule has 1 aromatic carbocycles. The van der Waals surface area contributed by atoms with Crippen LogP contribution in [0, 0.1) is 35.0 Å². The molecule has 4 atom stereocenters. The number of unbranched alkanes of at least 4 members (excludes halogenated alkanes) is 2. The molecule has 1 saturated carbocycles. The van der Waals surface area contributed by atoms with Gasteiger partial charge < -0.3 is 24.0 Å². The molecule has 2 aliphatic rings. The van der Waals surface area contributed by atoms with Gasteiger partial charge in [-0.3, -0.25) is 14.1 Å². The molecule has 13 heteroatoms. The molecule has 2 fully saturated rings. The predicted octanol–water partition coefficient (Wildman–Crippen LogP) is 6.28. The number of nitriles is 1. The van der Waals surface area contributed by atoms with Crippen LogP contribution in [0.4, 0.5) is 11.4 Å². The molecule has 4 unspecified atom stereocenters. The summed E-state index contributed by atoms with van der Waals surface area (Å²) in [6, 6.07) is 7.25. The number of hydrogen-bond donors (Lipinski definition) is 3. The summed E-state index contributed by atoms with van der Waals surface area (Å²) >= 11 is -2.63. The van der Waals surface area contributed by atoms with Crippen LogP contribution in [0.2, 0.25) is 0 Å². The Hall–Kier alpha value is -3.89. The van der Waals surface area contributed by atoms with E-state index in [1.165, 1.54) is 10.7 Å². The summed E-state index contributed by atoms with van der Waals surface area (Å²) in [6.07, 6.45) is 10.8. The van der Waals surface area contributed by atoms with Crippen molar-refractivity contribution in [2.45, 2.75) is 91.1 Å². The van der Waals surface area contributed by atoms with Crippen molar-refractivity contribution in [3.8, 4) is 17.5 Å². The number of esters is 1. The standard InChI is InChI=1S/C34H46N6O6S/c1-4-6-9-22-15-21(3)16-23(10-7-5-2)30(22)46-34(43)29-26(18-35)20-40-32(29)36-31(37-40)24-12-13-28(27(17-24)38-47(44)45)39-14-8-11-25(19-39)33(41)42/h12-13,17,20-23,25,30,38H,4-11,14-16,19H2,1-3H3,(H,36,37)(H,41,42)(H,44,45)/p-1. The number of aliphatic carboxylic acids is 1. The topological polar surface area (TPSA) is 176 Å². The number of anilines is 2. The van der Waals surface area contributed by atoms with Gasteiger partial charge in [0.1, 0.15) is 17.7 Å². The van der Waals surface area contributed by atoms with Gasteiger partial charge in [-0.1, -0.05) is 46.5 Å². The van der Waals surface area contributed by atoms with Crippen LogP contribution in [0.1, 0.15) is 101 Å². The predicted molar refractivity (Wildman–Crippen MR) is 178 cm³/mol. The molecule has 2 aromatic heterocycles. The third kappa shape index (κ3) is 7.81. The Morgan fingerprint density at radius 1 is 1.21 bits per heavy atom. The van der Waals surface area contributed by atoms with Gasteiger partial charge in [0.15, 0.2) is 11.5 Å². The average molecular weight is 666 g/mol. The number of carbonyl (C=O) groups is 2. The van der Waals surface area contributed by atoms with E-state index in [0.29, 0.717) is 42.4 Å². The van der Waals surface area contributed by atoms with Gasteiger partial charge in [-0.25, -0.2) is 14.3 Å². The van der Waals surface area contributed by atoms with Crippen LogP contribution in [-0.2, 0) is 20.8 Å². The average Bonchev–Trinajstić information content (AvgIpc) is 3.61. The van der Waals surface area contributed by atoms with Crippen molar-refractivity contribution in [1.82, 2.24) is 14.6 Å². The smallest absolute Gasteiger partial charge is 0.343 e. The third-order valence-electron chi connectivity index (χ3n) is 9.76. The molecule has 3 heterocycles. The van der Waals surface area contributed by atoms with Crippen molar-refractivity contribution < 1.29 is 28.2 Å². The van der Waals surface area contributed by atoms with Gasteiger partial charge in [0.05, 0.1) is 22.9 Å². The van der Waals surface area contributed by atoms with E-state index in [1.54, 1.807) is 18.2 Å². The Morgan fingerprint density at radius 3 is 2.53 bits per heavy atom. The van der Waals surface area contributed by atoms with Crippen LogP contribution in [-0.4, -0.2) is 59.6 Å². The van der Waals surface area contributed by atoms with Crippen LogP contribution in [0.5, 0.6) is 0 Å². The zero-order chi connectivity index (χ0) is 33.7. The molecule has 1 aliphatic carbocycles. The Labute approximate surface area is 278 Å². The number of piperidine rings is 1. The van der Waals surface area contributed by atoms with Crippen molar-refractivity contribution in [3.05, 3.63) is 35.5 Å². The normalized spacial score (nSPS) is 23.7. The van der Waals surface area contributed by atoms with E-state index in [9.17, 15) is 28.7 Å². The minimum absolute atomic E-state index is 0.112. The van der Waals surface area contributed by atoms with E-state index in [4.69, 9.17) is 9.72 Å². The summed E-state index contributed by atoms with van der Waals surface area (Å²) in [6.45, 7) is 7.48. The van der Waals surface area contributed by atoms with Gasteiger partial charge in [0.2, 0.25) is 0 Å². The van der Waals surface area contributed by atoms with Gasteiger partial charge >= 0.3 is 11.9 Å². The molecule has 12 nitrogen and oxygen atoms in total. The number of benzene rings is 1. The monoisotopic (exact) mass is 665 g/mol. The number of aromatic nitrogens is 3. The lowest BCUT2D eigenvalue weighted by Gasteiger charge is -2.40. The third-order valence-corrected chi connectivity index (χ3v) is 10.1. The highest BCUT2D eigenvalue weighted by Crippen LogP contribution is 2.41. The fraction of sp³-hybridized carbons (Fsp3) is 0.588. The molecule has 47 heavy (non-hydrogen) atoms. The summed E-state index contributed by atoms with van der Waals surface area (Å²) in [5, 5.41) is 22.6. The first kappa shape index (κ1) is 34.4. The number of carbonyl (C=O) groups excluding carboxylic acids is 1. The summed E-state index contributed by atoms with van der Waals surface area (Å²) in [4.78, 5) is 32.1. The molecule has 5 rings (SSSR count). The molecular weight excluding hydrogens is 620 g/mol. The number of hydrogen-bond acceptors (Lipinski definition) is 8. The lowest BCUT2D eigenvalue weighted by Crippen LogP contribution is -2.40. The fourth-order valence-corrected chi connectivity index (χ4v) is 7.88. The zero-order valence-corrected chi connectivity index (χ0v) is 28.2. The minimum Gasteiger partial charge on any atom is -0.755 e. The molecule has 3 aromatic rings. The highest BCUT2D eigenvalue weighted by Gasteiger charge is 2.39. The van der Waals surface area contributed by atoms with Crippen LogP contribution >= 0.6 is 0 Å². The number of H-pyrrole nitrogens is 1. The molecule has 0 spiro atoms. The van der Waals surface area contributed by atoms with Crippen molar-refractivity contribution >= 4 is 40.2 Å². The second-order valence-corrected chi connectivity index (χ2v) is 13.9. The Kier molecular flexibility index (Phi) is 11.2. The zero-order valence-electron chi connectivity index (χ0n) is 27.4. The number of carboxylic acids is 1. The van der Waals surface area contributed by atoms with E-state index in [-0.39, 0.29) is 46.9 Å². The second kappa shape index (κ2) is 15.3. The highest BCUT2D eigenvalue weighted by atomic mass is 32.2. The van der Waals surface area contributed by atoms with E-state index in [1.807, 2.05) is 4.90 Å². The number of fused-ring (bicyclic) bond motifs is 1. The van der Waals surface area contributed by atoms with Crippen LogP contribution < -0.4 is 9.62 Å². The lowest BCUT2D eigenvalue weighted by atomic mass is 9.70. The number of carboxylic acid groups (broad SMARTS) is 1. The maximum atomic E-state index is 13.9. The van der Waals surface area contributed by atoms with Crippen LogP contribution in [0.3, 0.4) is 0 Å². The number of aromatic amines is 1. The van der Waals surface area contributed by atoms with E-state index < -0.39 is 29.1 Å². The number of rotatable bonds is 13. The van der Waals surface area contributed by atoms with E-state index >= 15 is 0 Å². The van der Waals surface area contributed by atoms with Gasteiger partial charge in [0, 0.05) is 36.1 Å². The Morgan fingerprint density at radius 2 is 1.91 bits per heavy atom. The van der Waals surface area contributed by atoms with E-state index in [0.717, 1.165) is 51.4 Å². The van der Waals surface area contributed by atoms with Gasteiger partial charge in [-0.15, -0.1) is 0 Å². The molecule has 1 aliphatic heterocycles. The largest absolute Gasteiger partial charge is 0.755 e. The maximum absolute atomic E-state index is 13.9. The van der Waals surface area contributed by atoms with Crippen molar-refractivity contribution in [2.24, 2.45) is 23.7 Å². The van der Waals surface area contributed by atoms with Crippen molar-refractivity contribution in [2.75, 3.05) is 22.7 Å². The SMILES string of the molecule is CCCCC1CC(C)CC(CCCC)C1OC(=O)c1c(C#N)cn2[nH]c(-c3ccc(N4CCCC(C(=O)O)C4)c(NS(=O)[O-])c3)nc12. The number of ether oxygens (including phenoxy) is 1. The van der Waals surface area contributed by atoms with Crippen LogP contribution in [0.15, 0.2) is 24.4 Å². The van der Waals surface area contributed by atoms with Crippen molar-refractivity contribution in [3.63, 3.8) is 0 Å². The second-order valence-electron chi connectivity index (χ2n) is 13.2. The minimum atomic E-state index is -2.63. The van der Waals surface area contributed by atoms with Crippen LogP contribution in [0.25, 0.3) is 17.0 Å². The molecule has 1 saturated heterocycles. The summed E-state index contributed by atoms with van der Waals surface area (Å²) in [5.74, 6) is -0.515. The van der Waals surface area contributed by atoms with Crippen molar-refractivity contribution in [1.29, 1.82) is 5.26 Å². The quantitative estimate of drug-likeness (QED) is 0.140. The first-order valence-corrected chi connectivity index (χ1v) is 17.9. The summed E-state index contributed by atoms with van der Waals surface area (Å²) < 4.78 is 33.8. The number of nitrogens with one attached hydrogen (secondary N) is 2. The van der Waals surface area contributed by atoms with Gasteiger partial charge in [-0.05, 0) is 74.5 Å². The summed E-state index contributed by atoms with van der Waals surface area (Å²) in [7, 11) is 0. The Balaban J connectivity index is 1.46.